The second-order valence-electron chi connectivity index (χ2n) is 6.44. The number of nitrogens with zero attached hydrogens (tertiary/aromatic N) is 4. The van der Waals surface area contributed by atoms with Crippen LogP contribution in [0.1, 0.15) is 23.6 Å². The van der Waals surface area contributed by atoms with Gasteiger partial charge in [-0.3, -0.25) is 0 Å². The molecule has 2 aromatic carbocycles. The van der Waals surface area contributed by atoms with E-state index in [1.165, 1.54) is 18.0 Å². The predicted molar refractivity (Wildman–Crippen MR) is 97.3 cm³/mol. The molecule has 1 aliphatic rings. The summed E-state index contributed by atoms with van der Waals surface area (Å²) in [7, 11) is 0. The maximum atomic E-state index is 13.7. The largest absolute Gasteiger partial charge is 0.363 e. The Hall–Kier alpha value is -3.28. The molecule has 1 unspecified atom stereocenters. The monoisotopic (exact) mass is 345 g/mol. The van der Waals surface area contributed by atoms with Crippen LogP contribution in [0.3, 0.4) is 0 Å². The smallest absolute Gasteiger partial charge is 0.254 e. The number of hydrogen-bond donors (Lipinski definition) is 1. The van der Waals surface area contributed by atoms with Gasteiger partial charge in [0.1, 0.15) is 18.0 Å². The van der Waals surface area contributed by atoms with E-state index in [4.69, 9.17) is 0 Å². The minimum absolute atomic E-state index is 0.0409. The number of hydrogen-bond acceptors (Lipinski definition) is 4. The number of fused-ring (bicyclic) bond motifs is 2. The number of aryl methyl sites for hydroxylation is 1. The second-order valence-corrected chi connectivity index (χ2v) is 6.44. The van der Waals surface area contributed by atoms with E-state index >= 15 is 0 Å². The van der Waals surface area contributed by atoms with Gasteiger partial charge in [0.25, 0.3) is 5.78 Å². The van der Waals surface area contributed by atoms with Gasteiger partial charge in [0.15, 0.2) is 0 Å². The quantitative estimate of drug-likeness (QED) is 0.609. The van der Waals surface area contributed by atoms with Crippen LogP contribution in [0.4, 0.5) is 10.2 Å². The topological polar surface area (TPSA) is 55.1 Å². The molecule has 4 aromatic rings. The van der Waals surface area contributed by atoms with E-state index in [1.807, 2.05) is 42.5 Å². The minimum atomic E-state index is -0.206. The van der Waals surface area contributed by atoms with Crippen molar-refractivity contribution in [2.45, 2.75) is 18.9 Å². The SMILES string of the molecule is Fc1ccc2c(c1)C(Nc1cc(-c3ccccc3)nc3ncnn13)CC2. The molecule has 0 saturated heterocycles. The number of anilines is 1. The van der Waals surface area contributed by atoms with Crippen molar-refractivity contribution in [3.8, 4) is 11.3 Å². The highest BCUT2D eigenvalue weighted by molar-refractivity contribution is 5.65. The first-order valence-electron chi connectivity index (χ1n) is 8.59. The van der Waals surface area contributed by atoms with E-state index in [0.717, 1.165) is 35.5 Å². The number of nitrogens with one attached hydrogen (secondary N) is 1. The molecule has 1 N–H and O–H groups in total. The summed E-state index contributed by atoms with van der Waals surface area (Å²) in [4.78, 5) is 8.83. The van der Waals surface area contributed by atoms with Crippen LogP contribution >= 0.6 is 0 Å². The zero-order valence-electron chi connectivity index (χ0n) is 13.9. The normalized spacial score (nSPS) is 16.0. The van der Waals surface area contributed by atoms with Crippen LogP contribution in [0.2, 0.25) is 0 Å². The first-order valence-corrected chi connectivity index (χ1v) is 8.59. The number of aromatic nitrogens is 4. The Bertz CT molecular complexity index is 1090. The van der Waals surface area contributed by atoms with Crippen LogP contribution in [0, 0.1) is 5.82 Å². The van der Waals surface area contributed by atoms with Gasteiger partial charge in [-0.1, -0.05) is 36.4 Å². The summed E-state index contributed by atoms with van der Waals surface area (Å²) in [5.41, 5.74) is 4.04. The third-order valence-electron chi connectivity index (χ3n) is 4.83. The average molecular weight is 345 g/mol. The molecule has 5 rings (SSSR count). The fourth-order valence-electron chi connectivity index (χ4n) is 3.57. The predicted octanol–water partition coefficient (Wildman–Crippen LogP) is 4.03. The molecule has 2 heterocycles. The molecule has 0 aliphatic heterocycles. The summed E-state index contributed by atoms with van der Waals surface area (Å²) in [6.45, 7) is 0. The van der Waals surface area contributed by atoms with Crippen LogP contribution in [-0.2, 0) is 6.42 Å². The highest BCUT2D eigenvalue weighted by Crippen LogP contribution is 2.34. The van der Waals surface area contributed by atoms with Crippen molar-refractivity contribution < 1.29 is 4.39 Å². The molecule has 0 amide bonds. The fraction of sp³-hybridized carbons (Fsp3) is 0.150. The van der Waals surface area contributed by atoms with Gasteiger partial charge in [0.05, 0.1) is 11.7 Å². The molecule has 0 saturated carbocycles. The van der Waals surface area contributed by atoms with E-state index < -0.39 is 0 Å². The van der Waals surface area contributed by atoms with Crippen LogP contribution in [0.25, 0.3) is 17.0 Å². The Kier molecular flexibility index (Phi) is 3.41. The zero-order chi connectivity index (χ0) is 17.5. The molecule has 6 heteroatoms. The lowest BCUT2D eigenvalue weighted by molar-refractivity contribution is 0.623. The van der Waals surface area contributed by atoms with E-state index in [1.54, 1.807) is 10.6 Å². The van der Waals surface area contributed by atoms with Crippen LogP contribution in [0.15, 0.2) is 60.9 Å². The van der Waals surface area contributed by atoms with Gasteiger partial charge in [-0.25, -0.2) is 9.37 Å². The summed E-state index contributed by atoms with van der Waals surface area (Å²) in [6, 6.07) is 17.0. The lowest BCUT2D eigenvalue weighted by atomic mass is 10.1. The van der Waals surface area contributed by atoms with Gasteiger partial charge in [-0.05, 0) is 36.1 Å². The van der Waals surface area contributed by atoms with Crippen LogP contribution < -0.4 is 5.32 Å². The van der Waals surface area contributed by atoms with Crippen molar-refractivity contribution in [3.05, 3.63) is 77.9 Å². The third-order valence-corrected chi connectivity index (χ3v) is 4.83. The van der Waals surface area contributed by atoms with Crippen molar-refractivity contribution in [2.75, 3.05) is 5.32 Å². The maximum Gasteiger partial charge on any atom is 0.254 e. The van der Waals surface area contributed by atoms with Gasteiger partial charge < -0.3 is 5.32 Å². The molecule has 0 radical (unpaired) electrons. The zero-order valence-corrected chi connectivity index (χ0v) is 13.9. The summed E-state index contributed by atoms with van der Waals surface area (Å²) in [5, 5.41) is 7.79. The van der Waals surface area contributed by atoms with Crippen molar-refractivity contribution in [1.29, 1.82) is 0 Å². The Labute approximate surface area is 149 Å². The van der Waals surface area contributed by atoms with E-state index in [0.29, 0.717) is 5.78 Å². The lowest BCUT2D eigenvalue weighted by Gasteiger charge is -2.17. The van der Waals surface area contributed by atoms with Gasteiger partial charge in [0.2, 0.25) is 0 Å². The van der Waals surface area contributed by atoms with Crippen molar-refractivity contribution >= 4 is 11.6 Å². The molecule has 128 valence electrons. The highest BCUT2D eigenvalue weighted by atomic mass is 19.1. The Morgan fingerprint density at radius 1 is 1.08 bits per heavy atom. The maximum absolute atomic E-state index is 13.7. The number of benzene rings is 2. The fourth-order valence-corrected chi connectivity index (χ4v) is 3.57. The first kappa shape index (κ1) is 15.0. The third kappa shape index (κ3) is 2.50. The molecular formula is C20H16FN5. The Balaban J connectivity index is 1.58. The van der Waals surface area contributed by atoms with Crippen molar-refractivity contribution in [2.24, 2.45) is 0 Å². The van der Waals surface area contributed by atoms with Crippen LogP contribution in [-0.4, -0.2) is 19.6 Å². The number of rotatable bonds is 3. The van der Waals surface area contributed by atoms with Crippen molar-refractivity contribution in [3.63, 3.8) is 0 Å². The van der Waals surface area contributed by atoms with E-state index in [2.05, 4.69) is 20.4 Å². The standard InChI is InChI=1S/C20H16FN5/c21-15-8-6-13-7-9-17(16(13)10-15)24-19-11-18(14-4-2-1-3-5-14)25-20-22-12-23-26(19)20/h1-6,8,10-12,17,24H,7,9H2. The molecule has 5 nitrogen and oxygen atoms in total. The Morgan fingerprint density at radius 3 is 2.85 bits per heavy atom. The molecular weight excluding hydrogens is 329 g/mol. The molecule has 0 fully saturated rings. The molecule has 1 aliphatic carbocycles. The average Bonchev–Trinajstić information content (AvgIpc) is 3.29. The van der Waals surface area contributed by atoms with Crippen LogP contribution in [0.5, 0.6) is 0 Å². The molecule has 2 aromatic heterocycles. The second kappa shape index (κ2) is 5.91. The van der Waals surface area contributed by atoms with E-state index in [9.17, 15) is 4.39 Å². The molecule has 26 heavy (non-hydrogen) atoms. The van der Waals surface area contributed by atoms with Gasteiger partial charge in [-0.15, -0.1) is 0 Å². The van der Waals surface area contributed by atoms with Crippen molar-refractivity contribution in [1.82, 2.24) is 19.6 Å². The number of halogens is 1. The minimum Gasteiger partial charge on any atom is -0.363 e. The van der Waals surface area contributed by atoms with Gasteiger partial charge >= 0.3 is 0 Å². The molecule has 0 spiro atoms. The Morgan fingerprint density at radius 2 is 1.96 bits per heavy atom. The summed E-state index contributed by atoms with van der Waals surface area (Å²) >= 11 is 0. The summed E-state index contributed by atoms with van der Waals surface area (Å²) in [6.07, 6.45) is 3.34. The molecule has 1 atom stereocenters. The summed E-state index contributed by atoms with van der Waals surface area (Å²) < 4.78 is 15.4. The van der Waals surface area contributed by atoms with Gasteiger partial charge in [0, 0.05) is 11.6 Å². The highest BCUT2D eigenvalue weighted by Gasteiger charge is 2.24. The van der Waals surface area contributed by atoms with Gasteiger partial charge in [-0.2, -0.15) is 14.6 Å². The summed E-state index contributed by atoms with van der Waals surface area (Å²) in [5.74, 6) is 1.13. The lowest BCUT2D eigenvalue weighted by Crippen LogP contribution is -2.12. The molecule has 0 bridgehead atoms. The van der Waals surface area contributed by atoms with E-state index in [-0.39, 0.29) is 11.9 Å². The first-order chi connectivity index (χ1) is 12.8.